The second kappa shape index (κ2) is 5.98. The molecule has 1 aliphatic rings. The molecule has 21 heavy (non-hydrogen) atoms. The van der Waals surface area contributed by atoms with E-state index in [1.54, 1.807) is 0 Å². The first-order valence-electron chi connectivity index (χ1n) is 7.50. The molecule has 4 heteroatoms. The van der Waals surface area contributed by atoms with Gasteiger partial charge in [0.15, 0.2) is 0 Å². The predicted octanol–water partition coefficient (Wildman–Crippen LogP) is 1.98. The fourth-order valence-corrected chi connectivity index (χ4v) is 2.85. The quantitative estimate of drug-likeness (QED) is 0.843. The summed E-state index contributed by atoms with van der Waals surface area (Å²) in [4.78, 5) is 26.5. The SMILES string of the molecule is CC(C)C1(C)CC(=O)N(C(CN)Cc2ccccc2)C1=O. The van der Waals surface area contributed by atoms with E-state index in [1.807, 2.05) is 51.1 Å². The first-order valence-corrected chi connectivity index (χ1v) is 7.50. The second-order valence-corrected chi connectivity index (χ2v) is 6.40. The minimum atomic E-state index is -0.596. The van der Waals surface area contributed by atoms with Crippen molar-refractivity contribution in [2.45, 2.75) is 39.7 Å². The summed E-state index contributed by atoms with van der Waals surface area (Å²) in [6.45, 7) is 6.15. The Morgan fingerprint density at radius 3 is 2.33 bits per heavy atom. The fraction of sp³-hybridized carbons (Fsp3) is 0.529. The summed E-state index contributed by atoms with van der Waals surface area (Å²) in [5, 5.41) is 0. The van der Waals surface area contributed by atoms with Crippen molar-refractivity contribution in [2.75, 3.05) is 6.54 Å². The van der Waals surface area contributed by atoms with Crippen LogP contribution in [0.2, 0.25) is 0 Å². The van der Waals surface area contributed by atoms with E-state index in [0.29, 0.717) is 13.0 Å². The number of nitrogens with zero attached hydrogens (tertiary/aromatic N) is 1. The molecule has 1 fully saturated rings. The molecule has 1 saturated heterocycles. The van der Waals surface area contributed by atoms with E-state index in [0.717, 1.165) is 5.56 Å². The van der Waals surface area contributed by atoms with E-state index in [2.05, 4.69) is 0 Å². The van der Waals surface area contributed by atoms with E-state index in [9.17, 15) is 9.59 Å². The smallest absolute Gasteiger partial charge is 0.236 e. The summed E-state index contributed by atoms with van der Waals surface area (Å²) >= 11 is 0. The van der Waals surface area contributed by atoms with Gasteiger partial charge in [0.05, 0.1) is 11.5 Å². The van der Waals surface area contributed by atoms with Gasteiger partial charge in [-0.3, -0.25) is 14.5 Å². The number of amides is 2. The first-order chi connectivity index (χ1) is 9.90. The highest BCUT2D eigenvalue weighted by atomic mass is 16.2. The summed E-state index contributed by atoms with van der Waals surface area (Å²) in [5.74, 6) is -0.0365. The van der Waals surface area contributed by atoms with Crippen molar-refractivity contribution in [2.24, 2.45) is 17.1 Å². The van der Waals surface area contributed by atoms with E-state index in [1.165, 1.54) is 4.90 Å². The van der Waals surface area contributed by atoms with Crippen LogP contribution in [-0.2, 0) is 16.0 Å². The van der Waals surface area contributed by atoms with Gasteiger partial charge in [0.1, 0.15) is 0 Å². The van der Waals surface area contributed by atoms with Crippen molar-refractivity contribution in [3.8, 4) is 0 Å². The summed E-state index contributed by atoms with van der Waals surface area (Å²) in [6, 6.07) is 9.59. The van der Waals surface area contributed by atoms with Gasteiger partial charge in [-0.15, -0.1) is 0 Å². The number of carbonyl (C=O) groups excluding carboxylic acids is 2. The Bertz CT molecular complexity index is 527. The van der Waals surface area contributed by atoms with Gasteiger partial charge in [0.2, 0.25) is 11.8 Å². The lowest BCUT2D eigenvalue weighted by molar-refractivity contribution is -0.144. The Kier molecular flexibility index (Phi) is 4.47. The molecular formula is C17H24N2O2. The van der Waals surface area contributed by atoms with Gasteiger partial charge in [0.25, 0.3) is 0 Å². The van der Waals surface area contributed by atoms with Crippen molar-refractivity contribution < 1.29 is 9.59 Å². The molecule has 2 amide bonds. The van der Waals surface area contributed by atoms with Gasteiger partial charge in [-0.05, 0) is 24.8 Å². The number of hydrogen-bond donors (Lipinski definition) is 1. The van der Waals surface area contributed by atoms with Gasteiger partial charge < -0.3 is 5.73 Å². The fourth-order valence-electron chi connectivity index (χ4n) is 2.85. The van der Waals surface area contributed by atoms with Crippen LogP contribution in [0.15, 0.2) is 30.3 Å². The average molecular weight is 288 g/mol. The topological polar surface area (TPSA) is 63.4 Å². The van der Waals surface area contributed by atoms with Crippen molar-refractivity contribution in [3.63, 3.8) is 0 Å². The summed E-state index contributed by atoms with van der Waals surface area (Å²) in [6.07, 6.45) is 0.901. The number of imide groups is 1. The van der Waals surface area contributed by atoms with E-state index < -0.39 is 5.41 Å². The average Bonchev–Trinajstić information content (AvgIpc) is 2.69. The number of likely N-dealkylation sites (tertiary alicyclic amines) is 1. The minimum absolute atomic E-state index is 0.0751. The highest BCUT2D eigenvalue weighted by Crippen LogP contribution is 2.40. The van der Waals surface area contributed by atoms with Crippen molar-refractivity contribution in [1.29, 1.82) is 0 Å². The van der Waals surface area contributed by atoms with Gasteiger partial charge in [-0.25, -0.2) is 0 Å². The third-order valence-corrected chi connectivity index (χ3v) is 4.72. The van der Waals surface area contributed by atoms with Crippen LogP contribution in [0.1, 0.15) is 32.8 Å². The molecule has 0 spiro atoms. The lowest BCUT2D eigenvalue weighted by atomic mass is 9.78. The maximum absolute atomic E-state index is 12.7. The van der Waals surface area contributed by atoms with E-state index in [-0.39, 0.29) is 30.2 Å². The molecule has 2 atom stereocenters. The molecule has 0 radical (unpaired) electrons. The first kappa shape index (κ1) is 15.7. The number of nitrogens with two attached hydrogens (primary N) is 1. The number of benzene rings is 1. The monoisotopic (exact) mass is 288 g/mol. The molecule has 0 aromatic heterocycles. The molecule has 1 aromatic rings. The Morgan fingerprint density at radius 2 is 1.86 bits per heavy atom. The molecule has 1 heterocycles. The van der Waals surface area contributed by atoms with Crippen LogP contribution in [0, 0.1) is 11.3 Å². The number of carbonyl (C=O) groups is 2. The standard InChI is InChI=1S/C17H24N2O2/c1-12(2)17(3)10-15(20)19(16(17)21)14(11-18)9-13-7-5-4-6-8-13/h4-8,12,14H,9-11,18H2,1-3H3. The molecule has 1 aliphatic heterocycles. The van der Waals surface area contributed by atoms with Crippen molar-refractivity contribution >= 4 is 11.8 Å². The predicted molar refractivity (Wildman–Crippen MR) is 82.4 cm³/mol. The number of rotatable bonds is 5. The van der Waals surface area contributed by atoms with Crippen LogP contribution in [0.5, 0.6) is 0 Å². The third kappa shape index (κ3) is 2.86. The van der Waals surface area contributed by atoms with Gasteiger partial charge in [0, 0.05) is 13.0 Å². The number of hydrogen-bond acceptors (Lipinski definition) is 3. The van der Waals surface area contributed by atoms with Crippen LogP contribution in [0.3, 0.4) is 0 Å². The van der Waals surface area contributed by atoms with Crippen LogP contribution in [-0.4, -0.2) is 29.3 Å². The highest BCUT2D eigenvalue weighted by molar-refractivity contribution is 6.06. The second-order valence-electron chi connectivity index (χ2n) is 6.40. The zero-order valence-electron chi connectivity index (χ0n) is 13.0. The van der Waals surface area contributed by atoms with Crippen LogP contribution in [0.25, 0.3) is 0 Å². The van der Waals surface area contributed by atoms with Gasteiger partial charge >= 0.3 is 0 Å². The molecular weight excluding hydrogens is 264 g/mol. The lowest BCUT2D eigenvalue weighted by Gasteiger charge is -2.30. The maximum Gasteiger partial charge on any atom is 0.236 e. The molecule has 0 saturated carbocycles. The van der Waals surface area contributed by atoms with E-state index in [4.69, 9.17) is 5.73 Å². The van der Waals surface area contributed by atoms with Gasteiger partial charge in [-0.1, -0.05) is 44.2 Å². The Balaban J connectivity index is 2.22. The summed E-state index contributed by atoms with van der Waals surface area (Å²) < 4.78 is 0. The lowest BCUT2D eigenvalue weighted by Crippen LogP contribution is -2.47. The van der Waals surface area contributed by atoms with Crippen molar-refractivity contribution in [3.05, 3.63) is 35.9 Å². The maximum atomic E-state index is 12.7. The molecule has 2 rings (SSSR count). The Morgan fingerprint density at radius 1 is 1.24 bits per heavy atom. The van der Waals surface area contributed by atoms with Crippen molar-refractivity contribution in [1.82, 2.24) is 4.90 Å². The summed E-state index contributed by atoms with van der Waals surface area (Å²) in [5.41, 5.74) is 6.34. The molecule has 114 valence electrons. The molecule has 0 bridgehead atoms. The largest absolute Gasteiger partial charge is 0.328 e. The molecule has 0 aliphatic carbocycles. The third-order valence-electron chi connectivity index (χ3n) is 4.72. The Hall–Kier alpha value is -1.68. The molecule has 4 nitrogen and oxygen atoms in total. The zero-order chi connectivity index (χ0) is 15.6. The Labute approximate surface area is 126 Å². The van der Waals surface area contributed by atoms with E-state index >= 15 is 0 Å². The summed E-state index contributed by atoms with van der Waals surface area (Å²) in [7, 11) is 0. The zero-order valence-corrected chi connectivity index (χ0v) is 13.0. The molecule has 2 N–H and O–H groups in total. The van der Waals surface area contributed by atoms with Crippen LogP contribution < -0.4 is 5.73 Å². The highest BCUT2D eigenvalue weighted by Gasteiger charge is 2.51. The van der Waals surface area contributed by atoms with Crippen LogP contribution >= 0.6 is 0 Å². The molecule has 1 aromatic carbocycles. The van der Waals surface area contributed by atoms with Gasteiger partial charge in [-0.2, -0.15) is 0 Å². The normalized spacial score (nSPS) is 24.0. The van der Waals surface area contributed by atoms with Crippen LogP contribution in [0.4, 0.5) is 0 Å². The molecule has 2 unspecified atom stereocenters. The minimum Gasteiger partial charge on any atom is -0.328 e.